The summed E-state index contributed by atoms with van der Waals surface area (Å²) in [6.07, 6.45) is 3.41. The number of hydrogen-bond acceptors (Lipinski definition) is 3. The first-order valence-corrected chi connectivity index (χ1v) is 5.50. The van der Waals surface area contributed by atoms with Crippen LogP contribution in [-0.2, 0) is 7.05 Å². The number of imidazole rings is 1. The van der Waals surface area contributed by atoms with Gasteiger partial charge >= 0.3 is 0 Å². The molecule has 0 aliphatic carbocycles. The van der Waals surface area contributed by atoms with E-state index in [4.69, 9.17) is 4.74 Å². The highest BCUT2D eigenvalue weighted by Crippen LogP contribution is 2.35. The van der Waals surface area contributed by atoms with E-state index in [9.17, 15) is 4.79 Å². The molecule has 3 rings (SSSR count). The zero-order valence-electron chi connectivity index (χ0n) is 9.46. The fourth-order valence-electron chi connectivity index (χ4n) is 2.14. The molecule has 0 N–H and O–H groups in total. The minimum atomic E-state index is -0.229. The molecule has 1 unspecified atom stereocenters. The molecule has 17 heavy (non-hydrogen) atoms. The molecule has 0 spiro atoms. The Morgan fingerprint density at radius 2 is 2.29 bits per heavy atom. The normalized spacial score (nSPS) is 17.6. The Hall–Kier alpha value is -2.10. The third-order valence-corrected chi connectivity index (χ3v) is 3.06. The van der Waals surface area contributed by atoms with E-state index in [-0.39, 0.29) is 11.7 Å². The third kappa shape index (κ3) is 1.53. The van der Waals surface area contributed by atoms with Gasteiger partial charge in [0, 0.05) is 25.0 Å². The molecule has 0 fully saturated rings. The van der Waals surface area contributed by atoms with Crippen LogP contribution < -0.4 is 4.74 Å². The molecule has 4 nitrogen and oxygen atoms in total. The highest BCUT2D eigenvalue weighted by Gasteiger charge is 2.32. The summed E-state index contributed by atoms with van der Waals surface area (Å²) >= 11 is 0. The summed E-state index contributed by atoms with van der Waals surface area (Å²) < 4.78 is 7.25. The van der Waals surface area contributed by atoms with Gasteiger partial charge in [0.05, 0.1) is 5.92 Å². The summed E-state index contributed by atoms with van der Waals surface area (Å²) in [5.74, 6) is 1.07. The largest absolute Gasteiger partial charge is 0.492 e. The van der Waals surface area contributed by atoms with Crippen molar-refractivity contribution in [2.24, 2.45) is 7.05 Å². The number of nitrogens with zero attached hydrogens (tertiary/aromatic N) is 2. The number of ether oxygens (including phenoxy) is 1. The molecule has 0 saturated heterocycles. The number of carbonyl (C=O) groups excluding carboxylic acids is 1. The van der Waals surface area contributed by atoms with Gasteiger partial charge in [-0.15, -0.1) is 0 Å². The lowest BCUT2D eigenvalue weighted by Crippen LogP contribution is -2.18. The van der Waals surface area contributed by atoms with E-state index in [0.717, 1.165) is 11.3 Å². The van der Waals surface area contributed by atoms with Crippen LogP contribution in [0.2, 0.25) is 0 Å². The van der Waals surface area contributed by atoms with Crippen LogP contribution in [0.5, 0.6) is 5.75 Å². The van der Waals surface area contributed by atoms with Crippen LogP contribution in [0.15, 0.2) is 36.7 Å². The van der Waals surface area contributed by atoms with Crippen molar-refractivity contribution in [2.75, 3.05) is 6.61 Å². The Bertz CT molecular complexity index is 574. The fourth-order valence-corrected chi connectivity index (χ4v) is 2.14. The zero-order valence-corrected chi connectivity index (χ0v) is 9.46. The summed E-state index contributed by atoms with van der Waals surface area (Å²) in [5, 5.41) is 0. The minimum absolute atomic E-state index is 0.0162. The second-order valence-corrected chi connectivity index (χ2v) is 4.13. The average Bonchev–Trinajstić information content (AvgIpc) is 2.94. The first kappa shape index (κ1) is 10.1. The fraction of sp³-hybridized carbons (Fsp3) is 0.231. The van der Waals surface area contributed by atoms with Gasteiger partial charge in [0.1, 0.15) is 12.4 Å². The van der Waals surface area contributed by atoms with Gasteiger partial charge in [0.25, 0.3) is 0 Å². The van der Waals surface area contributed by atoms with E-state index in [0.29, 0.717) is 12.4 Å². The van der Waals surface area contributed by atoms with Gasteiger partial charge in [-0.1, -0.05) is 18.2 Å². The number of hydrogen-bond donors (Lipinski definition) is 0. The Balaban J connectivity index is 1.98. The predicted octanol–water partition coefficient (Wildman–Crippen LogP) is 1.78. The van der Waals surface area contributed by atoms with Gasteiger partial charge in [-0.05, 0) is 6.07 Å². The van der Waals surface area contributed by atoms with Crippen molar-refractivity contribution in [3.8, 4) is 5.75 Å². The molecule has 1 aliphatic heterocycles. The lowest BCUT2D eigenvalue weighted by molar-refractivity contribution is 0.0934. The Morgan fingerprint density at radius 1 is 1.47 bits per heavy atom. The van der Waals surface area contributed by atoms with Crippen LogP contribution in [0.4, 0.5) is 0 Å². The molecule has 1 aliphatic rings. The van der Waals surface area contributed by atoms with Crippen LogP contribution in [0.3, 0.4) is 0 Å². The quantitative estimate of drug-likeness (QED) is 0.736. The summed E-state index contributed by atoms with van der Waals surface area (Å²) in [5.41, 5.74) is 0.959. The number of Topliss-reactive ketones (excluding diaryl/α,β-unsaturated/α-hetero) is 1. The number of para-hydroxylation sites is 1. The van der Waals surface area contributed by atoms with E-state index >= 15 is 0 Å². The molecule has 2 aromatic rings. The van der Waals surface area contributed by atoms with Crippen LogP contribution in [0, 0.1) is 0 Å². The Morgan fingerprint density at radius 3 is 3.06 bits per heavy atom. The SMILES string of the molecule is Cn1ccnc1C(=O)C1COc2ccccc21. The predicted molar refractivity (Wildman–Crippen MR) is 62.2 cm³/mol. The van der Waals surface area contributed by atoms with Gasteiger partial charge in [-0.25, -0.2) is 4.98 Å². The van der Waals surface area contributed by atoms with Crippen molar-refractivity contribution in [1.29, 1.82) is 0 Å². The van der Waals surface area contributed by atoms with Crippen molar-refractivity contribution in [3.63, 3.8) is 0 Å². The van der Waals surface area contributed by atoms with Crippen molar-refractivity contribution in [3.05, 3.63) is 48.0 Å². The minimum Gasteiger partial charge on any atom is -0.492 e. The summed E-state index contributed by atoms with van der Waals surface area (Å²) in [6, 6.07) is 7.66. The lowest BCUT2D eigenvalue weighted by atomic mass is 9.96. The monoisotopic (exact) mass is 228 g/mol. The number of benzene rings is 1. The van der Waals surface area contributed by atoms with Gasteiger partial charge in [-0.3, -0.25) is 4.79 Å². The van der Waals surface area contributed by atoms with Gasteiger partial charge < -0.3 is 9.30 Å². The molecular formula is C13H12N2O2. The number of aryl methyl sites for hydroxylation is 1. The summed E-state index contributed by atoms with van der Waals surface area (Å²) in [4.78, 5) is 16.4. The molecular weight excluding hydrogens is 216 g/mol. The number of aromatic nitrogens is 2. The lowest BCUT2D eigenvalue weighted by Gasteiger charge is -2.07. The first-order chi connectivity index (χ1) is 8.27. The van der Waals surface area contributed by atoms with Crippen LogP contribution in [-0.4, -0.2) is 21.9 Å². The average molecular weight is 228 g/mol. The molecule has 1 aromatic carbocycles. The van der Waals surface area contributed by atoms with Gasteiger partial charge in [0.2, 0.25) is 5.78 Å². The Labute approximate surface area is 98.9 Å². The van der Waals surface area contributed by atoms with E-state index in [2.05, 4.69) is 4.98 Å². The molecule has 2 heterocycles. The zero-order chi connectivity index (χ0) is 11.8. The number of fused-ring (bicyclic) bond motifs is 1. The maximum atomic E-state index is 12.3. The topological polar surface area (TPSA) is 44.1 Å². The van der Waals surface area contributed by atoms with Crippen LogP contribution in [0.1, 0.15) is 22.1 Å². The van der Waals surface area contributed by atoms with Crippen molar-refractivity contribution in [1.82, 2.24) is 9.55 Å². The van der Waals surface area contributed by atoms with Gasteiger partial charge in [0.15, 0.2) is 5.82 Å². The molecule has 86 valence electrons. The van der Waals surface area contributed by atoms with Crippen LogP contribution >= 0.6 is 0 Å². The molecule has 0 amide bonds. The molecule has 0 saturated carbocycles. The molecule has 0 bridgehead atoms. The molecule has 0 radical (unpaired) electrons. The number of rotatable bonds is 2. The molecule has 1 atom stereocenters. The highest BCUT2D eigenvalue weighted by molar-refractivity contribution is 5.99. The summed E-state index contributed by atoms with van der Waals surface area (Å²) in [6.45, 7) is 0.408. The van der Waals surface area contributed by atoms with E-state index in [1.54, 1.807) is 17.0 Å². The number of carbonyl (C=O) groups is 1. The van der Waals surface area contributed by atoms with Crippen molar-refractivity contribution in [2.45, 2.75) is 5.92 Å². The highest BCUT2D eigenvalue weighted by atomic mass is 16.5. The van der Waals surface area contributed by atoms with Crippen LogP contribution in [0.25, 0.3) is 0 Å². The van der Waals surface area contributed by atoms with Crippen molar-refractivity contribution < 1.29 is 9.53 Å². The maximum Gasteiger partial charge on any atom is 0.209 e. The van der Waals surface area contributed by atoms with E-state index in [1.165, 1.54) is 0 Å². The van der Waals surface area contributed by atoms with E-state index in [1.807, 2.05) is 31.3 Å². The molecule has 4 heteroatoms. The van der Waals surface area contributed by atoms with Crippen molar-refractivity contribution >= 4 is 5.78 Å². The number of ketones is 1. The summed E-state index contributed by atoms with van der Waals surface area (Å²) in [7, 11) is 1.82. The standard InChI is InChI=1S/C13H12N2O2/c1-15-7-6-14-13(15)12(16)10-8-17-11-5-3-2-4-9(10)11/h2-7,10H,8H2,1H3. The third-order valence-electron chi connectivity index (χ3n) is 3.06. The second-order valence-electron chi connectivity index (χ2n) is 4.13. The maximum absolute atomic E-state index is 12.3. The smallest absolute Gasteiger partial charge is 0.209 e. The Kier molecular flexibility index (Phi) is 2.21. The van der Waals surface area contributed by atoms with E-state index < -0.39 is 0 Å². The second kappa shape index (κ2) is 3.73. The van der Waals surface area contributed by atoms with Gasteiger partial charge in [-0.2, -0.15) is 0 Å². The first-order valence-electron chi connectivity index (χ1n) is 5.50. The molecule has 1 aromatic heterocycles.